The molecule has 1 N–H and O–H groups in total. The molecule has 1 aliphatic carbocycles. The van der Waals surface area contributed by atoms with Gasteiger partial charge in [-0.1, -0.05) is 6.07 Å². The van der Waals surface area contributed by atoms with Crippen molar-refractivity contribution >= 4 is 11.3 Å². The minimum Gasteiger partial charge on any atom is -0.348 e. The first kappa shape index (κ1) is 18.4. The summed E-state index contributed by atoms with van der Waals surface area (Å²) in [5.41, 5.74) is 4.27. The van der Waals surface area contributed by atoms with Crippen LogP contribution >= 0.6 is 0 Å². The van der Waals surface area contributed by atoms with Crippen LogP contribution in [-0.4, -0.2) is 31.1 Å². The molecule has 6 nitrogen and oxygen atoms in total. The van der Waals surface area contributed by atoms with E-state index in [1.165, 1.54) is 24.5 Å². The first-order valence-corrected chi connectivity index (χ1v) is 10.3. The Kier molecular flexibility index (Phi) is 3.90. The highest BCUT2D eigenvalue weighted by Gasteiger charge is 2.36. The predicted octanol–water partition coefficient (Wildman–Crippen LogP) is 4.50. The molecule has 0 spiro atoms. The second-order valence-electron chi connectivity index (χ2n) is 8.15. The van der Waals surface area contributed by atoms with E-state index in [1.54, 1.807) is 6.33 Å². The van der Waals surface area contributed by atoms with Crippen LogP contribution in [0.4, 0.5) is 19.0 Å². The smallest absolute Gasteiger partial charge is 0.348 e. The van der Waals surface area contributed by atoms with Crippen LogP contribution in [0, 0.1) is 0 Å². The standard InChI is InChI=1S/C22H19F3N6/c23-22(24,25)14-5-6-19(26-11-14)30-9-7-16-20(28-12-27-16)21(30)17-10-18-15(13-3-4-13)2-1-8-31(18)29-17/h1-2,5-6,8,10-13,21H,3-4,7,9H2,(H,27,28)/t21-/m1/s1. The summed E-state index contributed by atoms with van der Waals surface area (Å²) in [7, 11) is 0. The third kappa shape index (κ3) is 3.07. The van der Waals surface area contributed by atoms with Gasteiger partial charge < -0.3 is 9.88 Å². The molecule has 4 aromatic rings. The molecule has 0 saturated heterocycles. The average Bonchev–Trinajstić information content (AvgIpc) is 3.32. The van der Waals surface area contributed by atoms with Crippen molar-refractivity contribution in [2.45, 2.75) is 37.4 Å². The van der Waals surface area contributed by atoms with Gasteiger partial charge in [0, 0.05) is 31.1 Å². The van der Waals surface area contributed by atoms with Gasteiger partial charge in [-0.05, 0) is 48.6 Å². The SMILES string of the molecule is FC(F)(F)c1ccc(N2CCc3[nH]cnc3[C@H]2c2cc3c(C4CC4)cccn3n2)nc1. The van der Waals surface area contributed by atoms with E-state index in [0.717, 1.165) is 34.9 Å². The zero-order valence-electron chi connectivity index (χ0n) is 16.5. The Balaban J connectivity index is 1.46. The summed E-state index contributed by atoms with van der Waals surface area (Å²) in [4.78, 5) is 13.9. The highest BCUT2D eigenvalue weighted by atomic mass is 19.4. The number of aromatic nitrogens is 5. The van der Waals surface area contributed by atoms with Gasteiger partial charge in [0.15, 0.2) is 0 Å². The molecular weight excluding hydrogens is 405 g/mol. The Hall–Kier alpha value is -3.36. The van der Waals surface area contributed by atoms with Gasteiger partial charge in [0.2, 0.25) is 0 Å². The highest BCUT2D eigenvalue weighted by Crippen LogP contribution is 2.43. The van der Waals surface area contributed by atoms with Crippen LogP contribution in [0.1, 0.15) is 53.0 Å². The molecule has 1 saturated carbocycles. The van der Waals surface area contributed by atoms with Gasteiger partial charge in [0.05, 0.1) is 28.8 Å². The fourth-order valence-corrected chi connectivity index (χ4v) is 4.48. The van der Waals surface area contributed by atoms with Gasteiger partial charge in [0.1, 0.15) is 11.9 Å². The summed E-state index contributed by atoms with van der Waals surface area (Å²) in [6.45, 7) is 0.599. The Morgan fingerprint density at radius 1 is 1.10 bits per heavy atom. The molecule has 31 heavy (non-hydrogen) atoms. The predicted molar refractivity (Wildman–Crippen MR) is 108 cm³/mol. The summed E-state index contributed by atoms with van der Waals surface area (Å²) in [5.74, 6) is 1.05. The molecule has 158 valence electrons. The van der Waals surface area contributed by atoms with Gasteiger partial charge in [-0.2, -0.15) is 18.3 Å². The third-order valence-corrected chi connectivity index (χ3v) is 6.15. The quantitative estimate of drug-likeness (QED) is 0.526. The maximum atomic E-state index is 13.0. The van der Waals surface area contributed by atoms with Gasteiger partial charge in [0.25, 0.3) is 0 Å². The first-order valence-electron chi connectivity index (χ1n) is 10.3. The topological polar surface area (TPSA) is 62.1 Å². The summed E-state index contributed by atoms with van der Waals surface area (Å²) < 4.78 is 40.9. The lowest BCUT2D eigenvalue weighted by Gasteiger charge is -2.35. The van der Waals surface area contributed by atoms with Crippen LogP contribution in [0.2, 0.25) is 0 Å². The number of nitrogens with one attached hydrogen (secondary N) is 1. The lowest BCUT2D eigenvalue weighted by atomic mass is 9.99. The number of nitrogens with zero attached hydrogens (tertiary/aromatic N) is 5. The van der Waals surface area contributed by atoms with Crippen LogP contribution in [0.15, 0.2) is 49.1 Å². The summed E-state index contributed by atoms with van der Waals surface area (Å²) >= 11 is 0. The van der Waals surface area contributed by atoms with E-state index in [9.17, 15) is 13.2 Å². The lowest BCUT2D eigenvalue weighted by molar-refractivity contribution is -0.137. The zero-order valence-corrected chi connectivity index (χ0v) is 16.5. The number of H-pyrrole nitrogens is 1. The van der Waals surface area contributed by atoms with E-state index >= 15 is 0 Å². The molecule has 0 bridgehead atoms. The van der Waals surface area contributed by atoms with Gasteiger partial charge >= 0.3 is 6.18 Å². The van der Waals surface area contributed by atoms with Crippen LogP contribution in [0.25, 0.3) is 5.52 Å². The van der Waals surface area contributed by atoms with Crippen LogP contribution < -0.4 is 4.90 Å². The number of fused-ring (bicyclic) bond motifs is 2. The van der Waals surface area contributed by atoms with Crippen molar-refractivity contribution in [2.75, 3.05) is 11.4 Å². The molecule has 2 aliphatic rings. The number of hydrogen-bond acceptors (Lipinski definition) is 4. The molecule has 0 unspecified atom stereocenters. The van der Waals surface area contributed by atoms with Crippen molar-refractivity contribution in [2.24, 2.45) is 0 Å². The number of halogens is 3. The van der Waals surface area contributed by atoms with E-state index in [1.807, 2.05) is 21.7 Å². The fourth-order valence-electron chi connectivity index (χ4n) is 4.48. The van der Waals surface area contributed by atoms with Crippen molar-refractivity contribution < 1.29 is 13.2 Å². The largest absolute Gasteiger partial charge is 0.417 e. The van der Waals surface area contributed by atoms with Crippen molar-refractivity contribution in [1.82, 2.24) is 24.6 Å². The van der Waals surface area contributed by atoms with E-state index in [0.29, 0.717) is 24.7 Å². The Labute approximate surface area is 175 Å². The van der Waals surface area contributed by atoms with Crippen molar-refractivity contribution in [3.05, 3.63) is 77.3 Å². The van der Waals surface area contributed by atoms with E-state index in [-0.39, 0.29) is 6.04 Å². The maximum absolute atomic E-state index is 13.0. The number of anilines is 1. The van der Waals surface area contributed by atoms with Crippen LogP contribution in [0.5, 0.6) is 0 Å². The van der Waals surface area contributed by atoms with Gasteiger partial charge in [-0.15, -0.1) is 0 Å². The number of pyridine rings is 2. The number of hydrogen-bond donors (Lipinski definition) is 1. The van der Waals surface area contributed by atoms with Crippen LogP contribution in [0.3, 0.4) is 0 Å². The molecule has 0 radical (unpaired) electrons. The Bertz CT molecular complexity index is 1250. The molecule has 9 heteroatoms. The van der Waals surface area contributed by atoms with Crippen molar-refractivity contribution in [3.63, 3.8) is 0 Å². The van der Waals surface area contributed by atoms with Crippen LogP contribution in [-0.2, 0) is 12.6 Å². The molecule has 1 aliphatic heterocycles. The number of alkyl halides is 3. The first-order chi connectivity index (χ1) is 15.0. The summed E-state index contributed by atoms with van der Waals surface area (Å²) in [6.07, 6.45) is 3.15. The fraction of sp³-hybridized carbons (Fsp3) is 0.318. The molecule has 6 rings (SSSR count). The molecule has 5 heterocycles. The average molecular weight is 424 g/mol. The normalized spacial score (nSPS) is 19.1. The lowest BCUT2D eigenvalue weighted by Crippen LogP contribution is -2.37. The second-order valence-corrected chi connectivity index (χ2v) is 8.15. The summed E-state index contributed by atoms with van der Waals surface area (Å²) in [6, 6.07) is 8.42. The highest BCUT2D eigenvalue weighted by molar-refractivity contribution is 5.60. The van der Waals surface area contributed by atoms with E-state index in [2.05, 4.69) is 27.1 Å². The monoisotopic (exact) mass is 424 g/mol. The van der Waals surface area contributed by atoms with Crippen molar-refractivity contribution in [1.29, 1.82) is 0 Å². The number of aromatic amines is 1. The minimum atomic E-state index is -4.41. The van der Waals surface area contributed by atoms with E-state index < -0.39 is 11.7 Å². The molecule has 4 aromatic heterocycles. The third-order valence-electron chi connectivity index (χ3n) is 6.15. The summed E-state index contributed by atoms with van der Waals surface area (Å²) in [5, 5.41) is 4.83. The zero-order chi connectivity index (χ0) is 21.2. The molecule has 1 atom stereocenters. The number of rotatable bonds is 3. The van der Waals surface area contributed by atoms with Gasteiger partial charge in [-0.3, -0.25) is 0 Å². The van der Waals surface area contributed by atoms with Gasteiger partial charge in [-0.25, -0.2) is 14.5 Å². The molecular formula is C22H19F3N6. The maximum Gasteiger partial charge on any atom is 0.417 e. The molecule has 1 fully saturated rings. The Morgan fingerprint density at radius 3 is 2.71 bits per heavy atom. The Morgan fingerprint density at radius 2 is 1.97 bits per heavy atom. The minimum absolute atomic E-state index is 0.328. The number of imidazole rings is 1. The van der Waals surface area contributed by atoms with E-state index in [4.69, 9.17) is 5.10 Å². The molecule has 0 aromatic carbocycles. The molecule has 0 amide bonds. The van der Waals surface area contributed by atoms with Crippen molar-refractivity contribution in [3.8, 4) is 0 Å². The second kappa shape index (κ2) is 6.57.